The highest BCUT2D eigenvalue weighted by molar-refractivity contribution is 6.31. The van der Waals surface area contributed by atoms with Crippen LogP contribution in [0.1, 0.15) is 0 Å². The molecule has 4 rings (SSSR count). The molecule has 132 valence electrons. The summed E-state index contributed by atoms with van der Waals surface area (Å²) in [6.07, 6.45) is 0. The van der Waals surface area contributed by atoms with Crippen LogP contribution in [-0.2, 0) is 0 Å². The van der Waals surface area contributed by atoms with E-state index in [1.807, 2.05) is 42.5 Å². The molecular formula is C20H20ClN5. The third-order valence-corrected chi connectivity index (χ3v) is 4.51. The molecule has 0 saturated carbocycles. The first-order valence-corrected chi connectivity index (χ1v) is 8.92. The monoisotopic (exact) mass is 365 g/mol. The molecule has 5 nitrogen and oxygen atoms in total. The van der Waals surface area contributed by atoms with Crippen molar-refractivity contribution in [2.75, 3.05) is 32.5 Å². The topological polar surface area (TPSA) is 56.8 Å². The molecule has 0 radical (unpaired) electrons. The van der Waals surface area contributed by atoms with Crippen LogP contribution in [0.3, 0.4) is 0 Å². The van der Waals surface area contributed by atoms with E-state index in [-0.39, 0.29) is 0 Å². The minimum atomic E-state index is 0.697. The number of H-pyrrole nitrogens is 1. The summed E-state index contributed by atoms with van der Waals surface area (Å²) in [5.74, 6) is 1.62. The van der Waals surface area contributed by atoms with Gasteiger partial charge < -0.3 is 15.2 Å². The van der Waals surface area contributed by atoms with Gasteiger partial charge in [0.1, 0.15) is 11.6 Å². The summed E-state index contributed by atoms with van der Waals surface area (Å²) in [5, 5.41) is 5.14. The van der Waals surface area contributed by atoms with Crippen LogP contribution in [0.5, 0.6) is 0 Å². The van der Waals surface area contributed by atoms with Gasteiger partial charge in [0.05, 0.1) is 22.1 Å². The molecule has 0 aliphatic carbocycles. The smallest absolute Gasteiger partial charge is 0.142 e. The molecule has 0 fully saturated rings. The van der Waals surface area contributed by atoms with Crippen LogP contribution >= 0.6 is 11.6 Å². The Bertz CT molecular complexity index is 1040. The third kappa shape index (κ3) is 3.36. The van der Waals surface area contributed by atoms with Gasteiger partial charge in [0.2, 0.25) is 0 Å². The van der Waals surface area contributed by atoms with Gasteiger partial charge in [-0.1, -0.05) is 23.7 Å². The Morgan fingerprint density at radius 2 is 1.88 bits per heavy atom. The van der Waals surface area contributed by atoms with E-state index in [9.17, 15) is 0 Å². The third-order valence-electron chi connectivity index (χ3n) is 4.27. The Kier molecular flexibility index (Phi) is 4.49. The molecule has 2 aromatic heterocycles. The molecule has 0 spiro atoms. The quantitative estimate of drug-likeness (QED) is 0.550. The molecule has 2 heterocycles. The van der Waals surface area contributed by atoms with Crippen LogP contribution in [0, 0.1) is 0 Å². The second-order valence-electron chi connectivity index (χ2n) is 6.55. The van der Waals surface area contributed by atoms with Gasteiger partial charge in [0.15, 0.2) is 0 Å². The minimum Gasteiger partial charge on any atom is -0.368 e. The molecule has 0 unspecified atom stereocenters. The Morgan fingerprint density at radius 1 is 1.04 bits per heavy atom. The molecule has 0 aliphatic heterocycles. The van der Waals surface area contributed by atoms with Crippen molar-refractivity contribution < 1.29 is 0 Å². The fraction of sp³-hybridized carbons (Fsp3) is 0.200. The zero-order chi connectivity index (χ0) is 18.1. The summed E-state index contributed by atoms with van der Waals surface area (Å²) in [6, 6.07) is 15.8. The summed E-state index contributed by atoms with van der Waals surface area (Å²) < 4.78 is 0. The van der Waals surface area contributed by atoms with Crippen LogP contribution in [-0.4, -0.2) is 47.0 Å². The first-order valence-electron chi connectivity index (χ1n) is 8.54. The summed E-state index contributed by atoms with van der Waals surface area (Å²) in [5.41, 5.74) is 3.79. The van der Waals surface area contributed by atoms with Crippen molar-refractivity contribution in [3.63, 3.8) is 0 Å². The van der Waals surface area contributed by atoms with Gasteiger partial charge >= 0.3 is 0 Å². The number of hydrogen-bond donors (Lipinski definition) is 2. The van der Waals surface area contributed by atoms with Crippen molar-refractivity contribution in [3.05, 3.63) is 53.6 Å². The maximum absolute atomic E-state index is 6.17. The highest BCUT2D eigenvalue weighted by atomic mass is 35.5. The fourth-order valence-electron chi connectivity index (χ4n) is 2.94. The van der Waals surface area contributed by atoms with Gasteiger partial charge in [-0.3, -0.25) is 0 Å². The second-order valence-corrected chi connectivity index (χ2v) is 6.99. The first kappa shape index (κ1) is 16.8. The predicted octanol–water partition coefficient (Wildman–Crippen LogP) is 4.41. The number of benzene rings is 2. The maximum atomic E-state index is 6.17. The molecule has 4 aromatic rings. The number of halogens is 1. The molecule has 0 atom stereocenters. The number of pyridine rings is 1. The van der Waals surface area contributed by atoms with Crippen molar-refractivity contribution in [3.8, 4) is 11.4 Å². The highest BCUT2D eigenvalue weighted by Gasteiger charge is 2.13. The molecule has 2 aromatic carbocycles. The maximum Gasteiger partial charge on any atom is 0.142 e. The number of nitrogens with zero attached hydrogens (tertiary/aromatic N) is 3. The van der Waals surface area contributed by atoms with E-state index in [0.29, 0.717) is 5.02 Å². The summed E-state index contributed by atoms with van der Waals surface area (Å²) >= 11 is 6.17. The summed E-state index contributed by atoms with van der Waals surface area (Å²) in [4.78, 5) is 15.1. The van der Waals surface area contributed by atoms with Crippen LogP contribution in [0.2, 0.25) is 5.02 Å². The van der Waals surface area contributed by atoms with Gasteiger partial charge in [-0.05, 0) is 50.5 Å². The Morgan fingerprint density at radius 3 is 2.69 bits per heavy atom. The van der Waals surface area contributed by atoms with Crippen molar-refractivity contribution >= 4 is 39.4 Å². The second kappa shape index (κ2) is 6.94. The molecule has 6 heteroatoms. The van der Waals surface area contributed by atoms with Crippen molar-refractivity contribution in [2.24, 2.45) is 0 Å². The van der Waals surface area contributed by atoms with E-state index < -0.39 is 0 Å². The van der Waals surface area contributed by atoms with E-state index in [0.717, 1.165) is 52.2 Å². The normalized spacial score (nSPS) is 11.5. The number of imidazole rings is 1. The van der Waals surface area contributed by atoms with Crippen LogP contribution < -0.4 is 5.32 Å². The molecular weight excluding hydrogens is 346 g/mol. The van der Waals surface area contributed by atoms with Crippen molar-refractivity contribution in [1.29, 1.82) is 0 Å². The van der Waals surface area contributed by atoms with E-state index in [1.165, 1.54) is 0 Å². The Hall–Kier alpha value is -2.63. The molecule has 0 aliphatic rings. The average molecular weight is 366 g/mol. The Balaban J connectivity index is 1.83. The number of aromatic amines is 1. The van der Waals surface area contributed by atoms with Gasteiger partial charge in [-0.15, -0.1) is 0 Å². The first-order chi connectivity index (χ1) is 12.6. The molecule has 0 amide bonds. The van der Waals surface area contributed by atoms with Gasteiger partial charge in [-0.2, -0.15) is 0 Å². The molecule has 2 N–H and O–H groups in total. The highest BCUT2D eigenvalue weighted by Crippen LogP contribution is 2.30. The molecule has 26 heavy (non-hydrogen) atoms. The zero-order valence-corrected chi connectivity index (χ0v) is 15.5. The van der Waals surface area contributed by atoms with Gasteiger partial charge in [0, 0.05) is 23.5 Å². The summed E-state index contributed by atoms with van der Waals surface area (Å²) in [7, 11) is 4.11. The number of likely N-dealkylation sites (N-methyl/N-ethyl adjacent to an activating group) is 1. The number of para-hydroxylation sites is 2. The largest absolute Gasteiger partial charge is 0.368 e. The lowest BCUT2D eigenvalue weighted by Crippen LogP contribution is -2.21. The average Bonchev–Trinajstić information content (AvgIpc) is 3.05. The lowest BCUT2D eigenvalue weighted by molar-refractivity contribution is 0.425. The molecule has 0 saturated heterocycles. The predicted molar refractivity (Wildman–Crippen MR) is 109 cm³/mol. The number of hydrogen-bond acceptors (Lipinski definition) is 4. The van der Waals surface area contributed by atoms with Crippen LogP contribution in [0.15, 0.2) is 48.5 Å². The van der Waals surface area contributed by atoms with Crippen molar-refractivity contribution in [2.45, 2.75) is 0 Å². The number of anilines is 1. The SMILES string of the molecule is CN(C)CCNc1nc2ccc(Cl)cc2cc1-c1nc2ccccc2[nH]1. The lowest BCUT2D eigenvalue weighted by atomic mass is 10.1. The number of nitrogens with one attached hydrogen (secondary N) is 2. The standard InChI is InChI=1S/C20H20ClN5/c1-26(2)10-9-22-19-15(12-13-11-14(21)7-8-16(13)23-19)20-24-17-5-3-4-6-18(17)25-20/h3-8,11-12H,9-10H2,1-2H3,(H,22,23)(H,24,25). The number of aromatic nitrogens is 3. The van der Waals surface area contributed by atoms with Gasteiger partial charge in [0.25, 0.3) is 0 Å². The fourth-order valence-corrected chi connectivity index (χ4v) is 3.12. The van der Waals surface area contributed by atoms with E-state index in [1.54, 1.807) is 0 Å². The van der Waals surface area contributed by atoms with Gasteiger partial charge in [-0.25, -0.2) is 9.97 Å². The van der Waals surface area contributed by atoms with E-state index in [2.05, 4.69) is 35.4 Å². The number of rotatable bonds is 5. The van der Waals surface area contributed by atoms with E-state index in [4.69, 9.17) is 21.6 Å². The lowest BCUT2D eigenvalue weighted by Gasteiger charge is -2.14. The van der Waals surface area contributed by atoms with Crippen LogP contribution in [0.25, 0.3) is 33.3 Å². The van der Waals surface area contributed by atoms with Crippen molar-refractivity contribution in [1.82, 2.24) is 19.9 Å². The van der Waals surface area contributed by atoms with Crippen LogP contribution in [0.4, 0.5) is 5.82 Å². The van der Waals surface area contributed by atoms with E-state index >= 15 is 0 Å². The summed E-state index contributed by atoms with van der Waals surface area (Å²) in [6.45, 7) is 1.71. The number of fused-ring (bicyclic) bond motifs is 2. The zero-order valence-electron chi connectivity index (χ0n) is 14.8. The minimum absolute atomic E-state index is 0.697. The Labute approximate surface area is 157 Å². The molecule has 0 bridgehead atoms.